The van der Waals surface area contributed by atoms with Gasteiger partial charge in [0.2, 0.25) is 0 Å². The molecule has 0 aliphatic rings. The minimum atomic E-state index is 0.0175. The van der Waals surface area contributed by atoms with E-state index >= 15 is 0 Å². The smallest absolute Gasteiger partial charge is 0.273 e. The third-order valence-electron chi connectivity index (χ3n) is 4.30. The highest BCUT2D eigenvalue weighted by Gasteiger charge is 2.14. The van der Waals surface area contributed by atoms with Crippen molar-refractivity contribution in [1.82, 2.24) is 9.36 Å². The summed E-state index contributed by atoms with van der Waals surface area (Å²) in [6.07, 6.45) is 0. The molecule has 4 aromatic rings. The summed E-state index contributed by atoms with van der Waals surface area (Å²) in [5.41, 5.74) is 4.25. The second-order valence-corrected chi connectivity index (χ2v) is 6.01. The van der Waals surface area contributed by atoms with Gasteiger partial charge in [0.1, 0.15) is 0 Å². The lowest BCUT2D eigenvalue weighted by atomic mass is 10.1. The number of aromatic nitrogens is 2. The number of aryl methyl sites for hydroxylation is 1. The molecule has 3 heteroatoms. The van der Waals surface area contributed by atoms with Crippen molar-refractivity contribution in [2.45, 2.75) is 13.5 Å². The molecule has 0 amide bonds. The van der Waals surface area contributed by atoms with Crippen molar-refractivity contribution >= 4 is 10.9 Å². The molecule has 0 aliphatic heterocycles. The summed E-state index contributed by atoms with van der Waals surface area (Å²) < 4.78 is 3.82. The zero-order chi connectivity index (χ0) is 16.5. The molecule has 0 radical (unpaired) electrons. The van der Waals surface area contributed by atoms with Crippen LogP contribution in [-0.2, 0) is 6.54 Å². The molecule has 1 heterocycles. The first-order chi connectivity index (χ1) is 11.7. The molecule has 0 unspecified atom stereocenters. The minimum Gasteiger partial charge on any atom is -0.273 e. The van der Waals surface area contributed by atoms with Crippen LogP contribution in [0, 0.1) is 6.92 Å². The number of benzene rings is 3. The van der Waals surface area contributed by atoms with E-state index < -0.39 is 0 Å². The molecule has 3 aromatic carbocycles. The van der Waals surface area contributed by atoms with Crippen LogP contribution in [-0.4, -0.2) is 9.36 Å². The maximum absolute atomic E-state index is 12.9. The fourth-order valence-corrected chi connectivity index (χ4v) is 3.06. The van der Waals surface area contributed by atoms with Crippen LogP contribution < -0.4 is 5.56 Å². The van der Waals surface area contributed by atoms with Gasteiger partial charge in [-0.3, -0.25) is 9.48 Å². The van der Waals surface area contributed by atoms with Gasteiger partial charge in [0.15, 0.2) is 0 Å². The summed E-state index contributed by atoms with van der Waals surface area (Å²) in [4.78, 5) is 12.9. The van der Waals surface area contributed by atoms with Crippen molar-refractivity contribution in [3.05, 3.63) is 100 Å². The van der Waals surface area contributed by atoms with Crippen molar-refractivity contribution in [1.29, 1.82) is 0 Å². The van der Waals surface area contributed by atoms with Crippen LogP contribution in [0.5, 0.6) is 0 Å². The maximum atomic E-state index is 12.9. The molecule has 118 valence electrons. The highest BCUT2D eigenvalue weighted by molar-refractivity contribution is 5.79. The molecule has 0 saturated heterocycles. The molecule has 0 bridgehead atoms. The molecular weight excluding hydrogens is 296 g/mol. The lowest BCUT2D eigenvalue weighted by Crippen LogP contribution is -2.21. The van der Waals surface area contributed by atoms with E-state index in [0.717, 1.165) is 16.6 Å². The fourth-order valence-electron chi connectivity index (χ4n) is 3.06. The van der Waals surface area contributed by atoms with Gasteiger partial charge in [0, 0.05) is 0 Å². The van der Waals surface area contributed by atoms with E-state index in [9.17, 15) is 4.79 Å². The van der Waals surface area contributed by atoms with Crippen molar-refractivity contribution in [2.24, 2.45) is 0 Å². The standard InChI is InChI=1S/C21H18N2O/c1-16-11-13-17(14-12-16)15-22-20-10-6-5-9-19(20)21(24)23(22)18-7-3-2-4-8-18/h2-14H,15H2,1H3. The Kier molecular flexibility index (Phi) is 3.54. The Morgan fingerprint density at radius 1 is 0.792 bits per heavy atom. The Bertz CT molecular complexity index is 1040. The van der Waals surface area contributed by atoms with Crippen molar-refractivity contribution in [3.8, 4) is 5.69 Å². The normalized spacial score (nSPS) is 11.0. The molecule has 1 aromatic heterocycles. The molecule has 0 spiro atoms. The Morgan fingerprint density at radius 3 is 2.21 bits per heavy atom. The van der Waals surface area contributed by atoms with Gasteiger partial charge in [-0.05, 0) is 36.8 Å². The van der Waals surface area contributed by atoms with Gasteiger partial charge in [-0.15, -0.1) is 0 Å². The van der Waals surface area contributed by atoms with Gasteiger partial charge in [0.05, 0.1) is 23.1 Å². The Balaban J connectivity index is 1.95. The monoisotopic (exact) mass is 314 g/mol. The van der Waals surface area contributed by atoms with E-state index in [0.29, 0.717) is 6.54 Å². The van der Waals surface area contributed by atoms with Crippen molar-refractivity contribution in [3.63, 3.8) is 0 Å². The van der Waals surface area contributed by atoms with Gasteiger partial charge in [-0.1, -0.05) is 60.2 Å². The third kappa shape index (κ3) is 2.44. The molecule has 0 atom stereocenters. The largest absolute Gasteiger partial charge is 0.279 e. The van der Waals surface area contributed by atoms with Gasteiger partial charge in [0.25, 0.3) is 5.56 Å². The number of hydrogen-bond acceptors (Lipinski definition) is 1. The maximum Gasteiger partial charge on any atom is 0.279 e. The summed E-state index contributed by atoms with van der Waals surface area (Å²) in [5, 5.41) is 0.744. The van der Waals surface area contributed by atoms with Crippen LogP contribution >= 0.6 is 0 Å². The van der Waals surface area contributed by atoms with Crippen LogP contribution in [0.15, 0.2) is 83.7 Å². The van der Waals surface area contributed by atoms with Gasteiger partial charge < -0.3 is 0 Å². The first-order valence-electron chi connectivity index (χ1n) is 8.05. The van der Waals surface area contributed by atoms with Crippen LogP contribution in [0.4, 0.5) is 0 Å². The Morgan fingerprint density at radius 2 is 1.46 bits per heavy atom. The van der Waals surface area contributed by atoms with E-state index in [1.165, 1.54) is 11.1 Å². The topological polar surface area (TPSA) is 26.9 Å². The molecular formula is C21H18N2O. The summed E-state index contributed by atoms with van der Waals surface area (Å²) in [7, 11) is 0. The number of fused-ring (bicyclic) bond motifs is 1. The number of nitrogens with zero attached hydrogens (tertiary/aromatic N) is 2. The zero-order valence-corrected chi connectivity index (χ0v) is 13.5. The molecule has 0 saturated carbocycles. The lowest BCUT2D eigenvalue weighted by molar-refractivity contribution is 0.612. The SMILES string of the molecule is Cc1ccc(Cn2c3ccccc3c(=O)n2-c2ccccc2)cc1. The van der Waals surface area contributed by atoms with Crippen LogP contribution in [0.1, 0.15) is 11.1 Å². The Hall–Kier alpha value is -3.07. The molecule has 0 fully saturated rings. The van der Waals surface area contributed by atoms with Gasteiger partial charge in [-0.25, -0.2) is 4.68 Å². The van der Waals surface area contributed by atoms with Gasteiger partial charge >= 0.3 is 0 Å². The van der Waals surface area contributed by atoms with Crippen molar-refractivity contribution < 1.29 is 0 Å². The zero-order valence-electron chi connectivity index (χ0n) is 13.5. The third-order valence-corrected chi connectivity index (χ3v) is 4.30. The van der Waals surface area contributed by atoms with Crippen LogP contribution in [0.2, 0.25) is 0 Å². The summed E-state index contributed by atoms with van der Waals surface area (Å²) in [5.74, 6) is 0. The van der Waals surface area contributed by atoms with Gasteiger partial charge in [-0.2, -0.15) is 0 Å². The number of para-hydroxylation sites is 2. The second kappa shape index (κ2) is 5.85. The molecule has 24 heavy (non-hydrogen) atoms. The molecule has 3 nitrogen and oxygen atoms in total. The first-order valence-corrected chi connectivity index (χ1v) is 8.05. The average Bonchev–Trinajstić information content (AvgIpc) is 2.90. The molecule has 0 aliphatic carbocycles. The summed E-state index contributed by atoms with van der Waals surface area (Å²) in [6, 6.07) is 26.0. The van der Waals surface area contributed by atoms with Crippen LogP contribution in [0.3, 0.4) is 0 Å². The molecule has 0 N–H and O–H groups in total. The lowest BCUT2D eigenvalue weighted by Gasteiger charge is -2.13. The van der Waals surface area contributed by atoms with E-state index in [1.54, 1.807) is 4.68 Å². The van der Waals surface area contributed by atoms with E-state index in [2.05, 4.69) is 35.9 Å². The quantitative estimate of drug-likeness (QED) is 0.558. The first kappa shape index (κ1) is 14.5. The minimum absolute atomic E-state index is 0.0175. The predicted molar refractivity (Wildman–Crippen MR) is 97.8 cm³/mol. The summed E-state index contributed by atoms with van der Waals surface area (Å²) >= 11 is 0. The Labute approximate surface area is 140 Å². The fraction of sp³-hybridized carbons (Fsp3) is 0.0952. The van der Waals surface area contributed by atoms with E-state index in [-0.39, 0.29) is 5.56 Å². The van der Waals surface area contributed by atoms with Crippen LogP contribution in [0.25, 0.3) is 16.6 Å². The number of hydrogen-bond donors (Lipinski definition) is 0. The average molecular weight is 314 g/mol. The molecule has 4 rings (SSSR count). The second-order valence-electron chi connectivity index (χ2n) is 6.01. The van der Waals surface area contributed by atoms with E-state index in [1.807, 2.05) is 54.6 Å². The number of rotatable bonds is 3. The highest BCUT2D eigenvalue weighted by atomic mass is 16.1. The van der Waals surface area contributed by atoms with Crippen molar-refractivity contribution in [2.75, 3.05) is 0 Å². The predicted octanol–water partition coefficient (Wildman–Crippen LogP) is 4.15. The highest BCUT2D eigenvalue weighted by Crippen LogP contribution is 2.17. The van der Waals surface area contributed by atoms with E-state index in [4.69, 9.17) is 0 Å². The summed E-state index contributed by atoms with van der Waals surface area (Å²) in [6.45, 7) is 2.73.